The molecule has 2 amide bonds. The number of carbonyl (C=O) groups is 3. The molecule has 1 saturated carbocycles. The van der Waals surface area contributed by atoms with Crippen molar-refractivity contribution in [2.45, 2.75) is 70.5 Å². The predicted octanol–water partition coefficient (Wildman–Crippen LogP) is 3.07. The summed E-state index contributed by atoms with van der Waals surface area (Å²) in [5.41, 5.74) is -4.40. The number of hydrogen-bond acceptors (Lipinski definition) is 4. The van der Waals surface area contributed by atoms with Crippen molar-refractivity contribution in [3.8, 4) is 0 Å². The lowest BCUT2D eigenvalue weighted by Crippen LogP contribution is -2.67. The van der Waals surface area contributed by atoms with E-state index in [4.69, 9.17) is 0 Å². The minimum atomic E-state index is -5.19. The van der Waals surface area contributed by atoms with Crippen LogP contribution in [0.25, 0.3) is 0 Å². The van der Waals surface area contributed by atoms with E-state index >= 15 is 0 Å². The van der Waals surface area contributed by atoms with E-state index in [0.717, 1.165) is 31.3 Å². The molecule has 1 fully saturated rings. The Bertz CT molecular complexity index is 669. The molecule has 0 saturated heterocycles. The van der Waals surface area contributed by atoms with Crippen molar-refractivity contribution in [1.29, 1.82) is 0 Å². The summed E-state index contributed by atoms with van der Waals surface area (Å²) in [5.74, 6) is -4.08. The number of allylic oxidation sites excluding steroid dienone is 1. The van der Waals surface area contributed by atoms with Crippen molar-refractivity contribution in [3.63, 3.8) is 0 Å². The number of carbonyl (C=O) groups excluding carboxylic acids is 3. The molecule has 1 heterocycles. The molecule has 6 nitrogen and oxygen atoms in total. The molecule has 0 aromatic rings. The van der Waals surface area contributed by atoms with Crippen LogP contribution in [0.4, 0.5) is 13.2 Å². The summed E-state index contributed by atoms with van der Waals surface area (Å²) >= 11 is 0. The van der Waals surface area contributed by atoms with Crippen molar-refractivity contribution in [1.82, 2.24) is 10.2 Å². The van der Waals surface area contributed by atoms with Gasteiger partial charge in [0.1, 0.15) is 5.57 Å². The molecule has 0 radical (unpaired) electrons. The van der Waals surface area contributed by atoms with Crippen LogP contribution in [0.15, 0.2) is 11.3 Å². The van der Waals surface area contributed by atoms with E-state index in [1.807, 2.05) is 12.2 Å². The molecule has 1 aliphatic heterocycles. The Hall–Kier alpha value is -2.06. The number of nitrogens with one attached hydrogen (secondary N) is 1. The maximum absolute atomic E-state index is 14.3. The molecule has 9 heteroatoms. The first-order valence-electron chi connectivity index (χ1n) is 9.62. The molecule has 158 valence electrons. The van der Waals surface area contributed by atoms with Crippen molar-refractivity contribution < 1.29 is 32.3 Å². The second-order valence-corrected chi connectivity index (χ2v) is 7.33. The predicted molar refractivity (Wildman–Crippen MR) is 94.8 cm³/mol. The lowest BCUT2D eigenvalue weighted by molar-refractivity contribution is -0.196. The van der Waals surface area contributed by atoms with E-state index in [2.05, 4.69) is 4.74 Å². The number of halogens is 3. The summed E-state index contributed by atoms with van der Waals surface area (Å²) in [4.78, 5) is 38.9. The summed E-state index contributed by atoms with van der Waals surface area (Å²) in [5, 5.41) is 1.94. The molecule has 0 bridgehead atoms. The minimum absolute atomic E-state index is 0.0266. The Labute approximate surface area is 162 Å². The molecular formula is C19H27F3N2O4. The highest BCUT2D eigenvalue weighted by Crippen LogP contribution is 2.45. The van der Waals surface area contributed by atoms with Gasteiger partial charge in [-0.15, -0.1) is 0 Å². The zero-order valence-electron chi connectivity index (χ0n) is 16.4. The number of alkyl halides is 3. The number of ether oxygens (including phenoxy) is 1. The summed E-state index contributed by atoms with van der Waals surface area (Å²) in [7, 11) is 0.950. The molecule has 1 atom stereocenters. The second kappa shape index (κ2) is 8.53. The third-order valence-corrected chi connectivity index (χ3v) is 5.54. The van der Waals surface area contributed by atoms with Crippen LogP contribution >= 0.6 is 0 Å². The molecule has 1 aliphatic carbocycles. The molecule has 0 spiro atoms. The lowest BCUT2D eigenvalue weighted by atomic mass is 9.85. The van der Waals surface area contributed by atoms with Crippen LogP contribution in [0.5, 0.6) is 0 Å². The molecule has 0 aromatic carbocycles. The highest BCUT2D eigenvalue weighted by molar-refractivity contribution is 6.10. The number of methoxy groups -OCH3 is 1. The number of nitrogens with zero attached hydrogens (tertiary/aromatic N) is 1. The second-order valence-electron chi connectivity index (χ2n) is 7.33. The van der Waals surface area contributed by atoms with Gasteiger partial charge in [0.15, 0.2) is 0 Å². The summed E-state index contributed by atoms with van der Waals surface area (Å²) in [6.07, 6.45) is -0.753. The van der Waals surface area contributed by atoms with E-state index in [0.29, 0.717) is 25.7 Å². The number of amides is 2. The van der Waals surface area contributed by atoms with Gasteiger partial charge >= 0.3 is 12.1 Å². The van der Waals surface area contributed by atoms with Crippen molar-refractivity contribution in [2.75, 3.05) is 13.7 Å². The van der Waals surface area contributed by atoms with Crippen molar-refractivity contribution in [2.24, 2.45) is 5.92 Å². The van der Waals surface area contributed by atoms with Crippen LogP contribution in [-0.2, 0) is 19.1 Å². The smallest absolute Gasteiger partial charge is 0.425 e. The van der Waals surface area contributed by atoms with Crippen LogP contribution in [-0.4, -0.2) is 48.1 Å². The first kappa shape index (κ1) is 22.2. The van der Waals surface area contributed by atoms with Gasteiger partial charge in [-0.2, -0.15) is 13.2 Å². The maximum Gasteiger partial charge on any atom is 0.425 e. The van der Waals surface area contributed by atoms with Gasteiger partial charge in [0.25, 0.3) is 5.91 Å². The first-order chi connectivity index (χ1) is 13.1. The van der Waals surface area contributed by atoms with Crippen LogP contribution in [0, 0.1) is 5.92 Å². The fourth-order valence-corrected chi connectivity index (χ4v) is 3.96. The molecule has 2 aliphatic rings. The number of esters is 1. The molecular weight excluding hydrogens is 377 g/mol. The fraction of sp³-hybridized carbons (Fsp3) is 0.737. The zero-order valence-corrected chi connectivity index (χ0v) is 16.4. The van der Waals surface area contributed by atoms with Crippen molar-refractivity contribution in [3.05, 3.63) is 11.3 Å². The molecule has 0 unspecified atom stereocenters. The zero-order chi connectivity index (χ0) is 21.1. The molecule has 28 heavy (non-hydrogen) atoms. The average molecular weight is 404 g/mol. The normalized spacial score (nSPS) is 23.9. The molecule has 1 N–H and O–H groups in total. The highest BCUT2D eigenvalue weighted by Gasteiger charge is 2.71. The maximum atomic E-state index is 14.3. The Balaban J connectivity index is 2.53. The SMILES string of the molecule is CCCCN1C(=O)[C@@](NC(=O)C2CCCCC2)(C(F)(F)F)C(C(=O)OC)=C1C. The Morgan fingerprint density at radius 1 is 1.25 bits per heavy atom. The number of hydrogen-bond donors (Lipinski definition) is 1. The van der Waals surface area contributed by atoms with Crippen LogP contribution in [0.3, 0.4) is 0 Å². The molecule has 2 rings (SSSR count). The van der Waals surface area contributed by atoms with Crippen molar-refractivity contribution >= 4 is 17.8 Å². The number of rotatable bonds is 6. The van der Waals surface area contributed by atoms with Gasteiger partial charge in [-0.1, -0.05) is 32.6 Å². The third kappa shape index (κ3) is 3.75. The monoisotopic (exact) mass is 404 g/mol. The topological polar surface area (TPSA) is 75.7 Å². The van der Waals surface area contributed by atoms with Gasteiger partial charge < -0.3 is 15.0 Å². The van der Waals surface area contributed by atoms with E-state index in [9.17, 15) is 27.6 Å². The van der Waals surface area contributed by atoms with Gasteiger partial charge in [0.05, 0.1) is 7.11 Å². The van der Waals surface area contributed by atoms with Gasteiger partial charge in [-0.05, 0) is 26.2 Å². The molecule has 0 aromatic heterocycles. The lowest BCUT2D eigenvalue weighted by Gasteiger charge is -2.34. The largest absolute Gasteiger partial charge is 0.466 e. The summed E-state index contributed by atoms with van der Waals surface area (Å²) < 4.78 is 47.5. The highest BCUT2D eigenvalue weighted by atomic mass is 19.4. The summed E-state index contributed by atoms with van der Waals surface area (Å²) in [6.45, 7) is 3.14. The van der Waals surface area contributed by atoms with E-state index in [-0.39, 0.29) is 12.2 Å². The van der Waals surface area contributed by atoms with Gasteiger partial charge in [0.2, 0.25) is 11.4 Å². The Morgan fingerprint density at radius 3 is 2.36 bits per heavy atom. The van der Waals surface area contributed by atoms with Gasteiger partial charge in [-0.25, -0.2) is 4.79 Å². The minimum Gasteiger partial charge on any atom is -0.466 e. The van der Waals surface area contributed by atoms with E-state index in [1.54, 1.807) is 0 Å². The van der Waals surface area contributed by atoms with Crippen LogP contribution in [0.2, 0.25) is 0 Å². The first-order valence-corrected chi connectivity index (χ1v) is 9.62. The summed E-state index contributed by atoms with van der Waals surface area (Å²) in [6, 6.07) is 0. The standard InChI is InChI=1S/C19H27F3N2O4/c1-4-5-11-24-12(2)14(16(26)28-3)18(17(24)27,19(20,21)22)23-15(25)13-9-7-6-8-10-13/h13H,4-11H2,1-3H3,(H,23,25)/t18-/m1/s1. The fourth-order valence-electron chi connectivity index (χ4n) is 3.96. The van der Waals surface area contributed by atoms with Crippen LogP contribution < -0.4 is 5.32 Å². The average Bonchev–Trinajstić information content (AvgIpc) is 2.87. The third-order valence-electron chi connectivity index (χ3n) is 5.54. The quantitative estimate of drug-likeness (QED) is 0.691. The van der Waals surface area contributed by atoms with Crippen LogP contribution in [0.1, 0.15) is 58.8 Å². The van der Waals surface area contributed by atoms with Gasteiger partial charge in [-0.3, -0.25) is 9.59 Å². The number of unbranched alkanes of at least 4 members (excludes halogenated alkanes) is 1. The van der Waals surface area contributed by atoms with E-state index < -0.39 is 41.0 Å². The Kier molecular flexibility index (Phi) is 6.77. The Morgan fingerprint density at radius 2 is 1.86 bits per heavy atom. The van der Waals surface area contributed by atoms with E-state index in [1.165, 1.54) is 6.92 Å². The van der Waals surface area contributed by atoms with Gasteiger partial charge in [0, 0.05) is 18.2 Å².